The van der Waals surface area contributed by atoms with Crippen LogP contribution in [0.2, 0.25) is 0 Å². The third kappa shape index (κ3) is 2.36. The highest BCUT2D eigenvalue weighted by Gasteiger charge is 2.16. The lowest BCUT2D eigenvalue weighted by atomic mass is 9.92. The number of aromatic nitrogens is 3. The Morgan fingerprint density at radius 1 is 1.38 bits per heavy atom. The lowest BCUT2D eigenvalue weighted by Gasteiger charge is -2.19. The van der Waals surface area contributed by atoms with Crippen LogP contribution in [0.5, 0.6) is 0 Å². The maximum absolute atomic E-state index is 5.17. The molecule has 1 N–H and O–H groups in total. The Labute approximate surface area is 104 Å². The van der Waals surface area contributed by atoms with Gasteiger partial charge in [0.1, 0.15) is 10.3 Å². The number of H-pyrrole nitrogens is 1. The summed E-state index contributed by atoms with van der Waals surface area (Å²) >= 11 is 6.72. The number of nitrogens with zero attached hydrogens (tertiary/aromatic N) is 2. The van der Waals surface area contributed by atoms with E-state index in [1.807, 2.05) is 11.4 Å². The second-order valence-electron chi connectivity index (χ2n) is 4.61. The molecule has 2 aromatic heterocycles. The highest BCUT2D eigenvalue weighted by Crippen LogP contribution is 2.22. The molecule has 3 nitrogen and oxygen atoms in total. The quantitative estimate of drug-likeness (QED) is 0.788. The predicted octanol–water partition coefficient (Wildman–Crippen LogP) is 3.56. The van der Waals surface area contributed by atoms with Crippen LogP contribution in [0.15, 0.2) is 17.0 Å². The second-order valence-corrected chi connectivity index (χ2v) is 5.74. The molecule has 0 bridgehead atoms. The highest BCUT2D eigenvalue weighted by molar-refractivity contribution is 7.71. The molecule has 2 heterocycles. The third-order valence-electron chi connectivity index (χ3n) is 2.23. The van der Waals surface area contributed by atoms with Gasteiger partial charge in [0.2, 0.25) is 0 Å². The van der Waals surface area contributed by atoms with Crippen molar-refractivity contribution in [3.8, 4) is 11.5 Å². The van der Waals surface area contributed by atoms with Crippen molar-refractivity contribution in [2.24, 2.45) is 0 Å². The summed E-state index contributed by atoms with van der Waals surface area (Å²) in [5, 5.41) is 1.96. The monoisotopic (exact) mass is 251 g/mol. The molecule has 0 fully saturated rings. The number of thiazole rings is 1. The van der Waals surface area contributed by atoms with Gasteiger partial charge in [-0.1, -0.05) is 33.0 Å². The van der Waals surface area contributed by atoms with Crippen LogP contribution < -0.4 is 0 Å². The van der Waals surface area contributed by atoms with Gasteiger partial charge in [-0.3, -0.25) is 0 Å². The first kappa shape index (κ1) is 11.4. The van der Waals surface area contributed by atoms with Crippen LogP contribution in [-0.2, 0) is 5.41 Å². The van der Waals surface area contributed by atoms with Crippen molar-refractivity contribution in [3.63, 3.8) is 0 Å². The van der Waals surface area contributed by atoms with E-state index in [2.05, 4.69) is 35.7 Å². The van der Waals surface area contributed by atoms with Gasteiger partial charge in [0.05, 0.1) is 5.51 Å². The van der Waals surface area contributed by atoms with Crippen molar-refractivity contribution < 1.29 is 0 Å². The molecule has 0 aliphatic rings. The van der Waals surface area contributed by atoms with Crippen LogP contribution in [-0.4, -0.2) is 15.0 Å². The van der Waals surface area contributed by atoms with Gasteiger partial charge < -0.3 is 4.98 Å². The minimum absolute atomic E-state index is 0.0290. The van der Waals surface area contributed by atoms with E-state index in [1.165, 1.54) is 0 Å². The summed E-state index contributed by atoms with van der Waals surface area (Å²) in [6.07, 6.45) is 0. The van der Waals surface area contributed by atoms with Crippen LogP contribution in [0.3, 0.4) is 0 Å². The molecule has 0 amide bonds. The van der Waals surface area contributed by atoms with Crippen LogP contribution in [0.25, 0.3) is 11.5 Å². The summed E-state index contributed by atoms with van der Waals surface area (Å²) in [5.74, 6) is 0.749. The van der Waals surface area contributed by atoms with Crippen LogP contribution in [0.4, 0.5) is 0 Å². The largest absolute Gasteiger partial charge is 0.341 e. The van der Waals surface area contributed by atoms with Crippen LogP contribution >= 0.6 is 23.6 Å². The fourth-order valence-electron chi connectivity index (χ4n) is 1.31. The van der Waals surface area contributed by atoms with Gasteiger partial charge in [-0.15, -0.1) is 11.3 Å². The van der Waals surface area contributed by atoms with E-state index in [-0.39, 0.29) is 5.41 Å². The molecule has 0 spiro atoms. The Morgan fingerprint density at radius 2 is 2.12 bits per heavy atom. The van der Waals surface area contributed by atoms with E-state index in [1.54, 1.807) is 16.8 Å². The Balaban J connectivity index is 2.57. The topological polar surface area (TPSA) is 41.6 Å². The zero-order chi connectivity index (χ0) is 11.8. The molecular formula is C11H13N3S2. The fourth-order valence-corrected chi connectivity index (χ4v) is 2.06. The number of aromatic amines is 1. The first-order valence-corrected chi connectivity index (χ1v) is 6.32. The number of nitrogens with one attached hydrogen (secondary N) is 1. The molecule has 0 unspecified atom stereocenters. The average molecular weight is 251 g/mol. The van der Waals surface area contributed by atoms with Gasteiger partial charge in [-0.2, -0.15) is 0 Å². The zero-order valence-electron chi connectivity index (χ0n) is 9.44. The smallest absolute Gasteiger partial charge is 0.158 e. The lowest BCUT2D eigenvalue weighted by molar-refractivity contribution is 0.567. The zero-order valence-corrected chi connectivity index (χ0v) is 11.1. The molecule has 0 saturated heterocycles. The van der Waals surface area contributed by atoms with E-state index in [4.69, 9.17) is 12.2 Å². The van der Waals surface area contributed by atoms with Gasteiger partial charge in [0.25, 0.3) is 0 Å². The maximum atomic E-state index is 5.17. The molecule has 5 heteroatoms. The second kappa shape index (κ2) is 4.07. The molecule has 2 rings (SSSR count). The Morgan fingerprint density at radius 3 is 2.69 bits per heavy atom. The molecule has 16 heavy (non-hydrogen) atoms. The molecule has 0 radical (unpaired) electrons. The SMILES string of the molecule is CC(C)(C)c1cc(=S)nc(-c2cscn2)[nH]1. The highest BCUT2D eigenvalue weighted by atomic mass is 32.1. The fraction of sp³-hybridized carbons (Fsp3) is 0.364. The minimum Gasteiger partial charge on any atom is -0.341 e. The summed E-state index contributed by atoms with van der Waals surface area (Å²) in [7, 11) is 0. The third-order valence-corrected chi connectivity index (χ3v) is 3.02. The van der Waals surface area contributed by atoms with Crippen molar-refractivity contribution >= 4 is 23.6 Å². The van der Waals surface area contributed by atoms with Crippen molar-refractivity contribution in [2.75, 3.05) is 0 Å². The van der Waals surface area contributed by atoms with E-state index in [0.29, 0.717) is 4.64 Å². The normalized spacial score (nSPS) is 11.7. The summed E-state index contributed by atoms with van der Waals surface area (Å²) in [6.45, 7) is 6.41. The van der Waals surface area contributed by atoms with Gasteiger partial charge in [-0.05, 0) is 6.07 Å². The van der Waals surface area contributed by atoms with Gasteiger partial charge in [0, 0.05) is 16.5 Å². The maximum Gasteiger partial charge on any atom is 0.158 e. The van der Waals surface area contributed by atoms with Crippen molar-refractivity contribution in [1.29, 1.82) is 0 Å². The van der Waals surface area contributed by atoms with Crippen LogP contribution in [0.1, 0.15) is 26.5 Å². The number of hydrogen-bond acceptors (Lipinski definition) is 4. The summed E-state index contributed by atoms with van der Waals surface area (Å²) < 4.78 is 0.603. The van der Waals surface area contributed by atoms with Crippen molar-refractivity contribution in [1.82, 2.24) is 15.0 Å². The molecule has 0 aliphatic carbocycles. The summed E-state index contributed by atoms with van der Waals surface area (Å²) in [6, 6.07) is 1.91. The minimum atomic E-state index is 0.0290. The summed E-state index contributed by atoms with van der Waals surface area (Å²) in [4.78, 5) is 11.8. The average Bonchev–Trinajstić information content (AvgIpc) is 2.68. The standard InChI is InChI=1S/C11H13N3S2/c1-11(2,3)8-4-9(15)14-10(13-8)7-5-16-6-12-7/h4-6H,1-3H3,(H,13,14,15). The van der Waals surface area contributed by atoms with Crippen molar-refractivity contribution in [3.05, 3.63) is 27.3 Å². The number of rotatable bonds is 1. The lowest BCUT2D eigenvalue weighted by Crippen LogP contribution is -2.14. The molecule has 84 valence electrons. The molecule has 0 saturated carbocycles. The van der Waals surface area contributed by atoms with Gasteiger partial charge in [0.15, 0.2) is 5.82 Å². The molecule has 2 aromatic rings. The van der Waals surface area contributed by atoms with E-state index >= 15 is 0 Å². The Kier molecular flexibility index (Phi) is 2.90. The van der Waals surface area contributed by atoms with Crippen molar-refractivity contribution in [2.45, 2.75) is 26.2 Å². The van der Waals surface area contributed by atoms with Gasteiger partial charge >= 0.3 is 0 Å². The predicted molar refractivity (Wildman–Crippen MR) is 69.2 cm³/mol. The van der Waals surface area contributed by atoms with E-state index in [9.17, 15) is 0 Å². The molecular weight excluding hydrogens is 238 g/mol. The first-order valence-electron chi connectivity index (χ1n) is 4.97. The van der Waals surface area contributed by atoms with E-state index in [0.717, 1.165) is 17.2 Å². The molecule has 0 aromatic carbocycles. The Bertz CT molecular complexity index is 535. The molecule has 0 atom stereocenters. The first-order chi connectivity index (χ1) is 7.47. The van der Waals surface area contributed by atoms with Crippen LogP contribution in [0, 0.1) is 4.64 Å². The van der Waals surface area contributed by atoms with Gasteiger partial charge in [-0.25, -0.2) is 9.97 Å². The number of hydrogen-bond donors (Lipinski definition) is 1. The van der Waals surface area contributed by atoms with E-state index < -0.39 is 0 Å². The molecule has 0 aliphatic heterocycles. The Hall–Kier alpha value is -1.07. The summed E-state index contributed by atoms with van der Waals surface area (Å²) in [5.41, 5.74) is 3.75.